The van der Waals surface area contributed by atoms with Crippen LogP contribution in [0, 0.1) is 15.9 Å². The summed E-state index contributed by atoms with van der Waals surface area (Å²) in [6, 6.07) is 14.0. The third kappa shape index (κ3) is 4.17. The molecule has 0 radical (unpaired) electrons. The average Bonchev–Trinajstić information content (AvgIpc) is 3.29. The maximum absolute atomic E-state index is 14.6. The van der Waals surface area contributed by atoms with Gasteiger partial charge in [-0.1, -0.05) is 23.7 Å². The predicted molar refractivity (Wildman–Crippen MR) is 128 cm³/mol. The van der Waals surface area contributed by atoms with Crippen molar-refractivity contribution in [3.63, 3.8) is 0 Å². The van der Waals surface area contributed by atoms with E-state index in [1.807, 2.05) is 0 Å². The average molecular weight is 495 g/mol. The number of anilines is 2. The molecule has 0 fully saturated rings. The number of carbonyl (C=O) groups is 1. The molecular weight excluding hydrogens is 479 g/mol. The summed E-state index contributed by atoms with van der Waals surface area (Å²) < 4.78 is 19.3. The minimum absolute atomic E-state index is 0.0220. The molecule has 176 valence electrons. The lowest BCUT2D eigenvalue weighted by atomic mass is 9.99. The third-order valence-corrected chi connectivity index (χ3v) is 5.78. The number of carbonyl (C=O) groups excluding carboxylic acids is 1. The van der Waals surface area contributed by atoms with E-state index in [1.54, 1.807) is 41.3 Å². The zero-order valence-electron chi connectivity index (χ0n) is 17.9. The molecule has 1 N–H and O–H groups in total. The molecule has 5 rings (SSSR count). The van der Waals surface area contributed by atoms with E-state index < -0.39 is 10.7 Å². The van der Waals surface area contributed by atoms with Crippen LogP contribution in [0.5, 0.6) is 0 Å². The number of nitrogens with one attached hydrogen (secondary N) is 1. The van der Waals surface area contributed by atoms with Crippen molar-refractivity contribution in [2.45, 2.75) is 0 Å². The van der Waals surface area contributed by atoms with Crippen LogP contribution in [0.25, 0.3) is 11.0 Å². The van der Waals surface area contributed by atoms with Crippen LogP contribution in [0.15, 0.2) is 64.2 Å². The van der Waals surface area contributed by atoms with Crippen molar-refractivity contribution in [1.82, 2.24) is 10.3 Å². The highest BCUT2D eigenvalue weighted by Crippen LogP contribution is 2.31. The van der Waals surface area contributed by atoms with Crippen molar-refractivity contribution in [1.29, 1.82) is 0 Å². The Bertz CT molecular complexity index is 1500. The van der Waals surface area contributed by atoms with Crippen molar-refractivity contribution >= 4 is 51.3 Å². The van der Waals surface area contributed by atoms with Crippen LogP contribution in [0.1, 0.15) is 11.1 Å². The Hall–Kier alpha value is -4.38. The van der Waals surface area contributed by atoms with Crippen LogP contribution < -0.4 is 10.2 Å². The zero-order chi connectivity index (χ0) is 24.5. The molecule has 3 aromatic carbocycles. The van der Waals surface area contributed by atoms with E-state index in [2.05, 4.69) is 25.3 Å². The normalized spacial score (nSPS) is 13.4. The maximum atomic E-state index is 14.6. The van der Waals surface area contributed by atoms with Gasteiger partial charge in [0.15, 0.2) is 5.52 Å². The lowest BCUT2D eigenvalue weighted by Gasteiger charge is -2.23. The Morgan fingerprint density at radius 3 is 2.71 bits per heavy atom. The molecule has 10 nitrogen and oxygen atoms in total. The van der Waals surface area contributed by atoms with E-state index in [0.29, 0.717) is 27.7 Å². The van der Waals surface area contributed by atoms with E-state index in [4.69, 9.17) is 11.6 Å². The second-order valence-electron chi connectivity index (χ2n) is 7.63. The molecule has 1 aliphatic heterocycles. The van der Waals surface area contributed by atoms with Gasteiger partial charge in [-0.3, -0.25) is 19.9 Å². The van der Waals surface area contributed by atoms with Gasteiger partial charge in [0.1, 0.15) is 12.4 Å². The lowest BCUT2D eigenvalue weighted by Crippen LogP contribution is -2.36. The first-order chi connectivity index (χ1) is 16.9. The highest BCUT2D eigenvalue weighted by Gasteiger charge is 2.27. The number of aromatic nitrogens is 2. The number of nitrogens with zero attached hydrogens (tertiary/aromatic N) is 5. The smallest absolute Gasteiger partial charge is 0.300 e. The molecule has 0 aliphatic carbocycles. The first kappa shape index (κ1) is 22.4. The summed E-state index contributed by atoms with van der Waals surface area (Å²) in [7, 11) is 0. The molecule has 0 atom stereocenters. The minimum atomic E-state index is -0.568. The second-order valence-corrected chi connectivity index (χ2v) is 8.07. The number of rotatable bonds is 6. The third-order valence-electron chi connectivity index (χ3n) is 5.55. The molecule has 4 aromatic rings. The number of benzene rings is 3. The maximum Gasteiger partial charge on any atom is 0.300 e. The molecule has 1 aliphatic rings. The molecule has 0 bridgehead atoms. The van der Waals surface area contributed by atoms with Crippen LogP contribution in [0.3, 0.4) is 0 Å². The summed E-state index contributed by atoms with van der Waals surface area (Å²) >= 11 is 6.24. The number of nitro groups is 1. The Kier molecular flexibility index (Phi) is 5.83. The van der Waals surface area contributed by atoms with E-state index in [1.165, 1.54) is 18.2 Å². The van der Waals surface area contributed by atoms with Gasteiger partial charge < -0.3 is 10.2 Å². The van der Waals surface area contributed by atoms with E-state index in [0.717, 1.165) is 0 Å². The number of nitro benzene ring substituents is 1. The van der Waals surface area contributed by atoms with Crippen molar-refractivity contribution in [2.75, 3.05) is 29.9 Å². The number of amides is 1. The molecule has 0 saturated heterocycles. The first-order valence-corrected chi connectivity index (χ1v) is 10.8. The van der Waals surface area contributed by atoms with Gasteiger partial charge in [0.05, 0.1) is 22.0 Å². The molecule has 0 unspecified atom stereocenters. The Morgan fingerprint density at radius 1 is 1.11 bits per heavy atom. The quantitative estimate of drug-likeness (QED) is 0.314. The molecule has 35 heavy (non-hydrogen) atoms. The fraction of sp³-hybridized carbons (Fsp3) is 0.130. The summed E-state index contributed by atoms with van der Waals surface area (Å²) in [6.07, 6.45) is 0. The van der Waals surface area contributed by atoms with Gasteiger partial charge in [-0.15, -0.1) is 0 Å². The molecule has 1 amide bonds. The fourth-order valence-corrected chi connectivity index (χ4v) is 4.13. The Morgan fingerprint density at radius 2 is 1.91 bits per heavy atom. The number of hydrogen-bond donors (Lipinski definition) is 1. The van der Waals surface area contributed by atoms with Gasteiger partial charge in [-0.05, 0) is 46.7 Å². The highest BCUT2D eigenvalue weighted by molar-refractivity contribution is 6.32. The summed E-state index contributed by atoms with van der Waals surface area (Å²) in [5, 5.41) is 22.1. The zero-order valence-corrected chi connectivity index (χ0v) is 18.7. The number of benzodiazepines with no additional fused rings is 1. The largest absolute Gasteiger partial charge is 0.381 e. The number of non-ortho nitro benzene ring substituents is 1. The van der Waals surface area contributed by atoms with Gasteiger partial charge in [-0.25, -0.2) is 9.02 Å². The lowest BCUT2D eigenvalue weighted by molar-refractivity contribution is -0.383. The van der Waals surface area contributed by atoms with Gasteiger partial charge in [0, 0.05) is 35.3 Å². The van der Waals surface area contributed by atoms with Crippen LogP contribution >= 0.6 is 11.6 Å². The predicted octanol–water partition coefficient (Wildman–Crippen LogP) is 4.22. The molecule has 0 spiro atoms. The van der Waals surface area contributed by atoms with Crippen molar-refractivity contribution in [2.24, 2.45) is 4.99 Å². The summed E-state index contributed by atoms with van der Waals surface area (Å²) in [5.74, 6) is -0.734. The molecule has 12 heteroatoms. The van der Waals surface area contributed by atoms with Gasteiger partial charge in [0.2, 0.25) is 11.4 Å². The first-order valence-electron chi connectivity index (χ1n) is 10.5. The topological polar surface area (TPSA) is 127 Å². The van der Waals surface area contributed by atoms with Crippen LogP contribution in [-0.2, 0) is 4.79 Å². The number of fused-ring (bicyclic) bond motifs is 2. The van der Waals surface area contributed by atoms with Crippen molar-refractivity contribution < 1.29 is 18.7 Å². The van der Waals surface area contributed by atoms with Crippen LogP contribution in [-0.4, -0.2) is 46.5 Å². The summed E-state index contributed by atoms with van der Waals surface area (Å²) in [5.41, 5.74) is 2.16. The monoisotopic (exact) mass is 494 g/mol. The van der Waals surface area contributed by atoms with Gasteiger partial charge >= 0.3 is 5.69 Å². The SMILES string of the molecule is O=C1CN=C(c2ccccc2F)c2cc(Cl)ccc2N1CCNc1ccc([N+](=O)[O-])c2nonc12. The summed E-state index contributed by atoms with van der Waals surface area (Å²) in [4.78, 5) is 29.6. The van der Waals surface area contributed by atoms with E-state index in [9.17, 15) is 19.3 Å². The van der Waals surface area contributed by atoms with Crippen molar-refractivity contribution in [3.8, 4) is 0 Å². The van der Waals surface area contributed by atoms with Crippen LogP contribution in [0.4, 0.5) is 21.5 Å². The highest BCUT2D eigenvalue weighted by atomic mass is 35.5. The fourth-order valence-electron chi connectivity index (χ4n) is 3.96. The standard InChI is InChI=1S/C23H16ClFN6O4/c24-13-5-7-18-15(11-13)21(14-3-1-2-4-16(14)25)27-12-20(32)30(18)10-9-26-17-6-8-19(31(33)34)23-22(17)28-35-29-23/h1-8,11,26H,9-10,12H2. The number of hydrogen-bond acceptors (Lipinski definition) is 8. The Labute approximate surface area is 202 Å². The Balaban J connectivity index is 1.43. The van der Waals surface area contributed by atoms with E-state index >= 15 is 0 Å². The molecule has 0 saturated carbocycles. The number of halogens is 2. The molecule has 2 heterocycles. The van der Waals surface area contributed by atoms with E-state index in [-0.39, 0.29) is 47.8 Å². The molecule has 1 aromatic heterocycles. The minimum Gasteiger partial charge on any atom is -0.381 e. The van der Waals surface area contributed by atoms with Gasteiger partial charge in [-0.2, -0.15) is 0 Å². The van der Waals surface area contributed by atoms with Gasteiger partial charge in [0.25, 0.3) is 0 Å². The molecular formula is C23H16ClFN6O4. The van der Waals surface area contributed by atoms with Crippen LogP contribution in [0.2, 0.25) is 5.02 Å². The second kappa shape index (κ2) is 9.11. The number of aliphatic imine (C=N–C) groups is 1. The summed E-state index contributed by atoms with van der Waals surface area (Å²) in [6.45, 7) is 0.310. The van der Waals surface area contributed by atoms with Crippen molar-refractivity contribution in [3.05, 3.63) is 86.7 Å².